The summed E-state index contributed by atoms with van der Waals surface area (Å²) < 4.78 is 0. The van der Waals surface area contributed by atoms with E-state index in [1.54, 1.807) is 5.56 Å². The zero-order chi connectivity index (χ0) is 18.1. The number of rotatable bonds is 4. The Bertz CT molecular complexity index is 765. The highest BCUT2D eigenvalue weighted by Crippen LogP contribution is 2.31. The van der Waals surface area contributed by atoms with E-state index in [0.717, 1.165) is 19.0 Å². The van der Waals surface area contributed by atoms with Crippen LogP contribution < -0.4 is 5.32 Å². The molecule has 138 valence electrons. The standard InChI is InChI=1S/C24H32N2/c1-17(2)21-8-9-24-23(14-21)13-19(15-25-24)12-18(3)26-11-10-20-6-4-5-7-22(20)16-26/h4-9,14,17-19,25H,10-13,15-16H2,1-3H3. The molecule has 2 aliphatic heterocycles. The molecule has 2 heterocycles. The monoisotopic (exact) mass is 348 g/mol. The normalized spacial score (nSPS) is 21.0. The lowest BCUT2D eigenvalue weighted by Crippen LogP contribution is -2.40. The van der Waals surface area contributed by atoms with Crippen LogP contribution in [0.1, 0.15) is 55.4 Å². The minimum Gasteiger partial charge on any atom is -0.385 e. The van der Waals surface area contributed by atoms with E-state index < -0.39 is 0 Å². The summed E-state index contributed by atoms with van der Waals surface area (Å²) in [6.07, 6.45) is 3.70. The van der Waals surface area contributed by atoms with E-state index in [2.05, 4.69) is 73.5 Å². The SMILES string of the molecule is CC(C)c1ccc2c(c1)CC(CC(C)N1CCc3ccccc3C1)CN2. The highest BCUT2D eigenvalue weighted by Gasteiger charge is 2.25. The van der Waals surface area contributed by atoms with Crippen molar-refractivity contribution in [2.45, 2.75) is 58.5 Å². The molecule has 0 fully saturated rings. The van der Waals surface area contributed by atoms with Crippen molar-refractivity contribution in [3.8, 4) is 0 Å². The van der Waals surface area contributed by atoms with Crippen LogP contribution in [0.5, 0.6) is 0 Å². The van der Waals surface area contributed by atoms with Crippen molar-refractivity contribution in [2.75, 3.05) is 18.4 Å². The first-order chi connectivity index (χ1) is 12.6. The number of anilines is 1. The Kier molecular flexibility index (Phi) is 5.04. The van der Waals surface area contributed by atoms with Gasteiger partial charge in [-0.05, 0) is 66.3 Å². The Morgan fingerprint density at radius 3 is 2.65 bits per heavy atom. The molecular weight excluding hydrogens is 316 g/mol. The zero-order valence-corrected chi connectivity index (χ0v) is 16.5. The average Bonchev–Trinajstić information content (AvgIpc) is 2.67. The van der Waals surface area contributed by atoms with Crippen molar-refractivity contribution in [1.29, 1.82) is 0 Å². The number of fused-ring (bicyclic) bond motifs is 2. The molecule has 2 nitrogen and oxygen atoms in total. The van der Waals surface area contributed by atoms with Crippen LogP contribution in [0.25, 0.3) is 0 Å². The van der Waals surface area contributed by atoms with Gasteiger partial charge in [0, 0.05) is 31.4 Å². The van der Waals surface area contributed by atoms with E-state index in [1.165, 1.54) is 48.2 Å². The van der Waals surface area contributed by atoms with Crippen LogP contribution in [0.3, 0.4) is 0 Å². The molecule has 2 heteroatoms. The summed E-state index contributed by atoms with van der Waals surface area (Å²) in [5.74, 6) is 1.34. The summed E-state index contributed by atoms with van der Waals surface area (Å²) >= 11 is 0. The van der Waals surface area contributed by atoms with Gasteiger partial charge in [-0.3, -0.25) is 4.90 Å². The van der Waals surface area contributed by atoms with Crippen LogP contribution in [-0.4, -0.2) is 24.0 Å². The van der Waals surface area contributed by atoms with E-state index in [0.29, 0.717) is 12.0 Å². The molecule has 2 unspecified atom stereocenters. The van der Waals surface area contributed by atoms with Crippen molar-refractivity contribution in [1.82, 2.24) is 4.90 Å². The summed E-state index contributed by atoms with van der Waals surface area (Å²) in [5, 5.41) is 3.68. The molecule has 0 bridgehead atoms. The molecule has 0 saturated heterocycles. The van der Waals surface area contributed by atoms with Crippen LogP contribution in [-0.2, 0) is 19.4 Å². The maximum Gasteiger partial charge on any atom is 0.0373 e. The predicted molar refractivity (Wildman–Crippen MR) is 111 cm³/mol. The van der Waals surface area contributed by atoms with Crippen LogP contribution >= 0.6 is 0 Å². The van der Waals surface area contributed by atoms with Crippen molar-refractivity contribution in [3.05, 3.63) is 64.7 Å². The summed E-state index contributed by atoms with van der Waals surface area (Å²) in [6, 6.07) is 16.6. The lowest BCUT2D eigenvalue weighted by molar-refractivity contribution is 0.165. The molecule has 4 rings (SSSR count). The molecule has 2 aromatic carbocycles. The van der Waals surface area contributed by atoms with Gasteiger partial charge >= 0.3 is 0 Å². The number of hydrogen-bond acceptors (Lipinski definition) is 2. The third-order valence-electron chi connectivity index (χ3n) is 6.34. The van der Waals surface area contributed by atoms with E-state index in [9.17, 15) is 0 Å². The van der Waals surface area contributed by atoms with Gasteiger partial charge in [0.05, 0.1) is 0 Å². The fourth-order valence-corrected chi connectivity index (χ4v) is 4.64. The molecule has 0 aliphatic carbocycles. The summed E-state index contributed by atoms with van der Waals surface area (Å²) in [5.41, 5.74) is 7.41. The molecule has 0 radical (unpaired) electrons. The van der Waals surface area contributed by atoms with Crippen LogP contribution in [0.15, 0.2) is 42.5 Å². The summed E-state index contributed by atoms with van der Waals surface area (Å²) in [4.78, 5) is 2.68. The van der Waals surface area contributed by atoms with Gasteiger partial charge in [-0.15, -0.1) is 0 Å². The highest BCUT2D eigenvalue weighted by molar-refractivity contribution is 5.55. The number of nitrogens with zero attached hydrogens (tertiary/aromatic N) is 1. The maximum atomic E-state index is 3.68. The first-order valence-corrected chi connectivity index (χ1v) is 10.3. The Labute approximate surface area is 158 Å². The Morgan fingerprint density at radius 1 is 1.04 bits per heavy atom. The molecular formula is C24H32N2. The Hall–Kier alpha value is -1.80. The first-order valence-electron chi connectivity index (χ1n) is 10.3. The van der Waals surface area contributed by atoms with Crippen molar-refractivity contribution in [3.63, 3.8) is 0 Å². The molecule has 0 saturated carbocycles. The molecule has 0 spiro atoms. The lowest BCUT2D eigenvalue weighted by Gasteiger charge is -2.36. The van der Waals surface area contributed by atoms with Gasteiger partial charge in [-0.25, -0.2) is 0 Å². The van der Waals surface area contributed by atoms with Gasteiger partial charge in [0.2, 0.25) is 0 Å². The van der Waals surface area contributed by atoms with Gasteiger partial charge in [0.15, 0.2) is 0 Å². The molecule has 0 aromatic heterocycles. The van der Waals surface area contributed by atoms with Crippen LogP contribution in [0, 0.1) is 5.92 Å². The second-order valence-electron chi connectivity index (χ2n) is 8.60. The third kappa shape index (κ3) is 3.66. The molecule has 2 aromatic rings. The minimum atomic E-state index is 0.605. The largest absolute Gasteiger partial charge is 0.385 e. The summed E-state index contributed by atoms with van der Waals surface area (Å²) in [6.45, 7) is 10.4. The number of hydrogen-bond donors (Lipinski definition) is 1. The fraction of sp³-hybridized carbons (Fsp3) is 0.500. The van der Waals surface area contributed by atoms with Crippen molar-refractivity contribution in [2.24, 2.45) is 5.92 Å². The average molecular weight is 349 g/mol. The molecule has 0 amide bonds. The van der Waals surface area contributed by atoms with E-state index >= 15 is 0 Å². The minimum absolute atomic E-state index is 0.605. The Morgan fingerprint density at radius 2 is 1.85 bits per heavy atom. The van der Waals surface area contributed by atoms with E-state index in [-0.39, 0.29) is 0 Å². The van der Waals surface area contributed by atoms with Crippen LogP contribution in [0.2, 0.25) is 0 Å². The van der Waals surface area contributed by atoms with Crippen LogP contribution in [0.4, 0.5) is 5.69 Å². The second-order valence-corrected chi connectivity index (χ2v) is 8.60. The molecule has 2 atom stereocenters. The van der Waals surface area contributed by atoms with Gasteiger partial charge in [0.25, 0.3) is 0 Å². The first kappa shape index (κ1) is 17.6. The molecule has 2 aliphatic rings. The maximum absolute atomic E-state index is 3.68. The Balaban J connectivity index is 1.40. The highest BCUT2D eigenvalue weighted by atomic mass is 15.2. The smallest absolute Gasteiger partial charge is 0.0373 e. The van der Waals surface area contributed by atoms with E-state index in [4.69, 9.17) is 0 Å². The van der Waals surface area contributed by atoms with Gasteiger partial charge in [-0.2, -0.15) is 0 Å². The fourth-order valence-electron chi connectivity index (χ4n) is 4.64. The second kappa shape index (κ2) is 7.44. The van der Waals surface area contributed by atoms with Gasteiger partial charge in [0.1, 0.15) is 0 Å². The topological polar surface area (TPSA) is 15.3 Å². The summed E-state index contributed by atoms with van der Waals surface area (Å²) in [7, 11) is 0. The van der Waals surface area contributed by atoms with Gasteiger partial charge < -0.3 is 5.32 Å². The van der Waals surface area contributed by atoms with Gasteiger partial charge in [-0.1, -0.05) is 50.2 Å². The molecule has 26 heavy (non-hydrogen) atoms. The predicted octanol–water partition coefficient (Wildman–Crippen LogP) is 5.23. The van der Waals surface area contributed by atoms with Crippen molar-refractivity contribution < 1.29 is 0 Å². The number of nitrogens with one attached hydrogen (secondary N) is 1. The van der Waals surface area contributed by atoms with E-state index in [1.807, 2.05) is 0 Å². The van der Waals surface area contributed by atoms with Crippen molar-refractivity contribution >= 4 is 5.69 Å². The lowest BCUT2D eigenvalue weighted by atomic mass is 9.86. The quantitative estimate of drug-likeness (QED) is 0.814. The zero-order valence-electron chi connectivity index (χ0n) is 16.5. The molecule has 1 N–H and O–H groups in total. The third-order valence-corrected chi connectivity index (χ3v) is 6.34. The number of benzene rings is 2.